The highest BCUT2D eigenvalue weighted by Gasteiger charge is 2.38. The maximum Gasteiger partial charge on any atom is 0.340 e. The second kappa shape index (κ2) is 13.4. The van der Waals surface area contributed by atoms with E-state index >= 15 is 0 Å². The van der Waals surface area contributed by atoms with E-state index in [1.165, 1.54) is 4.90 Å². The van der Waals surface area contributed by atoms with Crippen LogP contribution >= 0.6 is 0 Å². The standard InChI is InChI=1S/C22H29NO5/c1-4-7-8-9-13-16-19(24)23(17-18-14-11-10-12-15-18)20(21(25)27-5-2)22(26)28-6-3/h10-12,14-15,20H,4-8,16-17H2,1-3H3. The van der Waals surface area contributed by atoms with Crippen LogP contribution in [-0.4, -0.2) is 42.0 Å². The Labute approximate surface area is 167 Å². The van der Waals surface area contributed by atoms with Crippen molar-refractivity contribution in [3.8, 4) is 11.8 Å². The van der Waals surface area contributed by atoms with E-state index in [1.54, 1.807) is 13.8 Å². The molecular weight excluding hydrogens is 358 g/mol. The summed E-state index contributed by atoms with van der Waals surface area (Å²) in [6.07, 6.45) is 2.62. The largest absolute Gasteiger partial charge is 0.464 e. The lowest BCUT2D eigenvalue weighted by molar-refractivity contribution is -0.168. The van der Waals surface area contributed by atoms with Gasteiger partial charge in [-0.1, -0.05) is 49.6 Å². The summed E-state index contributed by atoms with van der Waals surface area (Å²) in [6.45, 7) is 5.62. The van der Waals surface area contributed by atoms with E-state index in [1.807, 2.05) is 30.3 Å². The van der Waals surface area contributed by atoms with Crippen LogP contribution in [0.3, 0.4) is 0 Å². The number of benzene rings is 1. The molecule has 0 saturated carbocycles. The second-order valence-corrected chi connectivity index (χ2v) is 6.05. The first kappa shape index (κ1) is 23.2. The van der Waals surface area contributed by atoms with Gasteiger partial charge in [0, 0.05) is 13.0 Å². The van der Waals surface area contributed by atoms with Gasteiger partial charge in [0.2, 0.25) is 11.9 Å². The molecule has 0 saturated heterocycles. The lowest BCUT2D eigenvalue weighted by atomic mass is 10.1. The van der Waals surface area contributed by atoms with Gasteiger partial charge in [0.25, 0.3) is 0 Å². The fraction of sp³-hybridized carbons (Fsp3) is 0.500. The van der Waals surface area contributed by atoms with Crippen molar-refractivity contribution in [3.63, 3.8) is 0 Å². The highest BCUT2D eigenvalue weighted by Crippen LogP contribution is 2.14. The zero-order valence-corrected chi connectivity index (χ0v) is 16.9. The van der Waals surface area contributed by atoms with Gasteiger partial charge in [-0.2, -0.15) is 0 Å². The van der Waals surface area contributed by atoms with Gasteiger partial charge in [0.15, 0.2) is 0 Å². The molecule has 0 fully saturated rings. The zero-order valence-electron chi connectivity index (χ0n) is 16.9. The zero-order chi connectivity index (χ0) is 20.8. The Morgan fingerprint density at radius 1 is 0.964 bits per heavy atom. The van der Waals surface area contributed by atoms with E-state index in [0.29, 0.717) is 6.42 Å². The number of nitrogens with zero attached hydrogens (tertiary/aromatic N) is 1. The Balaban J connectivity index is 3.12. The Morgan fingerprint density at radius 3 is 2.11 bits per heavy atom. The van der Waals surface area contributed by atoms with Crippen LogP contribution in [0.1, 0.15) is 52.0 Å². The van der Waals surface area contributed by atoms with Crippen molar-refractivity contribution < 1.29 is 23.9 Å². The lowest BCUT2D eigenvalue weighted by Gasteiger charge is -2.28. The molecule has 0 atom stereocenters. The van der Waals surface area contributed by atoms with Gasteiger partial charge in [0.1, 0.15) is 0 Å². The van der Waals surface area contributed by atoms with E-state index < -0.39 is 23.9 Å². The first-order chi connectivity index (χ1) is 13.5. The van der Waals surface area contributed by atoms with Crippen LogP contribution in [0.2, 0.25) is 0 Å². The Kier molecular flexibility index (Phi) is 11.1. The molecule has 1 amide bonds. The third-order valence-electron chi connectivity index (χ3n) is 3.87. The van der Waals surface area contributed by atoms with Crippen molar-refractivity contribution in [3.05, 3.63) is 35.9 Å². The summed E-state index contributed by atoms with van der Waals surface area (Å²) >= 11 is 0. The Bertz CT molecular complexity index is 672. The van der Waals surface area contributed by atoms with Crippen LogP contribution in [0.4, 0.5) is 0 Å². The molecule has 1 aromatic carbocycles. The minimum absolute atomic E-state index is 0.0775. The van der Waals surface area contributed by atoms with Crippen molar-refractivity contribution >= 4 is 17.8 Å². The van der Waals surface area contributed by atoms with Crippen LogP contribution in [0.15, 0.2) is 30.3 Å². The van der Waals surface area contributed by atoms with Gasteiger partial charge in [-0.3, -0.25) is 4.79 Å². The number of ether oxygens (including phenoxy) is 2. The van der Waals surface area contributed by atoms with Gasteiger partial charge in [0.05, 0.1) is 19.6 Å². The van der Waals surface area contributed by atoms with Gasteiger partial charge in [-0.15, -0.1) is 5.92 Å². The molecule has 6 heteroatoms. The number of carbonyl (C=O) groups is 3. The maximum atomic E-state index is 12.8. The Morgan fingerprint density at radius 2 is 1.57 bits per heavy atom. The van der Waals surface area contributed by atoms with Crippen molar-refractivity contribution in [2.45, 2.75) is 59.0 Å². The molecule has 0 heterocycles. The molecule has 0 aliphatic heterocycles. The van der Waals surface area contributed by atoms with E-state index in [9.17, 15) is 14.4 Å². The molecular formula is C22H29NO5. The van der Waals surface area contributed by atoms with Crippen molar-refractivity contribution in [1.29, 1.82) is 0 Å². The number of esters is 2. The normalized spacial score (nSPS) is 10.0. The molecule has 0 aromatic heterocycles. The van der Waals surface area contributed by atoms with Crippen molar-refractivity contribution in [2.75, 3.05) is 13.2 Å². The minimum atomic E-state index is -1.45. The molecule has 0 spiro atoms. The maximum absolute atomic E-state index is 12.8. The summed E-state index contributed by atoms with van der Waals surface area (Å²) in [5.74, 6) is 3.77. The fourth-order valence-corrected chi connectivity index (χ4v) is 2.49. The molecule has 1 rings (SSSR count). The molecule has 0 bridgehead atoms. The molecule has 0 N–H and O–H groups in total. The van der Waals surface area contributed by atoms with Crippen LogP contribution < -0.4 is 0 Å². The average Bonchev–Trinajstić information content (AvgIpc) is 2.68. The van der Waals surface area contributed by atoms with Gasteiger partial charge in [-0.25, -0.2) is 9.59 Å². The monoisotopic (exact) mass is 387 g/mol. The van der Waals surface area contributed by atoms with E-state index in [-0.39, 0.29) is 26.2 Å². The van der Waals surface area contributed by atoms with Gasteiger partial charge >= 0.3 is 11.9 Å². The third-order valence-corrected chi connectivity index (χ3v) is 3.87. The number of rotatable bonds is 10. The molecule has 28 heavy (non-hydrogen) atoms. The SMILES string of the molecule is CCCCC#CCC(=O)N(Cc1ccccc1)C(C(=O)OCC)C(=O)OCC. The second-order valence-electron chi connectivity index (χ2n) is 6.05. The van der Waals surface area contributed by atoms with E-state index in [0.717, 1.165) is 18.4 Å². The summed E-state index contributed by atoms with van der Waals surface area (Å²) in [6, 6.07) is 7.69. The molecule has 0 unspecified atom stereocenters. The fourth-order valence-electron chi connectivity index (χ4n) is 2.49. The predicted molar refractivity (Wildman–Crippen MR) is 106 cm³/mol. The van der Waals surface area contributed by atoms with E-state index in [2.05, 4.69) is 18.8 Å². The number of hydrogen-bond donors (Lipinski definition) is 0. The molecule has 0 radical (unpaired) electrons. The molecule has 152 valence electrons. The number of unbranched alkanes of at least 4 members (excludes halogenated alkanes) is 2. The predicted octanol–water partition coefficient (Wildman–Crippen LogP) is 3.09. The highest BCUT2D eigenvalue weighted by atomic mass is 16.6. The molecule has 1 aromatic rings. The average molecular weight is 387 g/mol. The number of hydrogen-bond acceptors (Lipinski definition) is 5. The van der Waals surface area contributed by atoms with Crippen LogP contribution in [0, 0.1) is 11.8 Å². The number of carbonyl (C=O) groups excluding carboxylic acids is 3. The quantitative estimate of drug-likeness (QED) is 0.267. The van der Waals surface area contributed by atoms with Gasteiger partial charge in [-0.05, 0) is 25.8 Å². The topological polar surface area (TPSA) is 72.9 Å². The summed E-state index contributed by atoms with van der Waals surface area (Å²) < 4.78 is 10.1. The van der Waals surface area contributed by atoms with Crippen LogP contribution in [0.5, 0.6) is 0 Å². The first-order valence-electron chi connectivity index (χ1n) is 9.67. The lowest BCUT2D eigenvalue weighted by Crippen LogP contribution is -2.50. The van der Waals surface area contributed by atoms with Crippen LogP contribution in [0.25, 0.3) is 0 Å². The molecule has 0 aliphatic carbocycles. The Hall–Kier alpha value is -2.81. The van der Waals surface area contributed by atoms with Crippen molar-refractivity contribution in [1.82, 2.24) is 4.90 Å². The summed E-state index contributed by atoms with van der Waals surface area (Å²) in [5, 5.41) is 0. The van der Waals surface area contributed by atoms with E-state index in [4.69, 9.17) is 9.47 Å². The summed E-state index contributed by atoms with van der Waals surface area (Å²) in [4.78, 5) is 39.0. The van der Waals surface area contributed by atoms with Crippen molar-refractivity contribution in [2.24, 2.45) is 0 Å². The smallest absolute Gasteiger partial charge is 0.340 e. The van der Waals surface area contributed by atoms with Gasteiger partial charge < -0.3 is 14.4 Å². The highest BCUT2D eigenvalue weighted by molar-refractivity contribution is 6.02. The minimum Gasteiger partial charge on any atom is -0.464 e. The summed E-state index contributed by atoms with van der Waals surface area (Å²) in [5.41, 5.74) is 0.786. The molecule has 6 nitrogen and oxygen atoms in total. The molecule has 0 aliphatic rings. The summed E-state index contributed by atoms with van der Waals surface area (Å²) in [7, 11) is 0. The number of amides is 1. The van der Waals surface area contributed by atoms with Crippen LogP contribution in [-0.2, 0) is 30.4 Å². The first-order valence-corrected chi connectivity index (χ1v) is 9.67. The third kappa shape index (κ3) is 7.83.